The molecule has 1 N–H and O–H groups in total. The van der Waals surface area contributed by atoms with Gasteiger partial charge in [0.2, 0.25) is 11.8 Å². The van der Waals surface area contributed by atoms with Gasteiger partial charge < -0.3 is 9.73 Å². The first-order valence-corrected chi connectivity index (χ1v) is 9.78. The molecule has 1 aromatic heterocycles. The van der Waals surface area contributed by atoms with Crippen LogP contribution in [0.15, 0.2) is 46.4 Å². The van der Waals surface area contributed by atoms with Crippen LogP contribution in [-0.4, -0.2) is 23.3 Å². The fraction of sp³-hybridized carbons (Fsp3) is 0.478. The van der Waals surface area contributed by atoms with Crippen LogP contribution in [0, 0.1) is 36.0 Å². The van der Waals surface area contributed by atoms with E-state index < -0.39 is 0 Å². The Bertz CT molecular complexity index is 801. The maximum Gasteiger partial charge on any atom is 0.247 e. The van der Waals surface area contributed by atoms with Crippen LogP contribution in [0.5, 0.6) is 0 Å². The Morgan fingerprint density at radius 1 is 1.26 bits per heavy atom. The molecular formula is C23H29N3O. The molecule has 2 aromatic rings. The average Bonchev–Trinajstić information content (AvgIpc) is 3.13. The van der Waals surface area contributed by atoms with Crippen molar-refractivity contribution in [1.29, 1.82) is 0 Å². The second-order valence-electron chi connectivity index (χ2n) is 7.82. The zero-order valence-electron chi connectivity index (χ0n) is 16.5. The maximum atomic E-state index is 5.94. The van der Waals surface area contributed by atoms with Gasteiger partial charge in [0.05, 0.1) is 6.54 Å². The lowest BCUT2D eigenvalue weighted by atomic mass is 9.70. The van der Waals surface area contributed by atoms with E-state index in [1.54, 1.807) is 0 Å². The summed E-state index contributed by atoms with van der Waals surface area (Å²) in [6.07, 6.45) is 9.74. The molecule has 3 atom stereocenters. The lowest BCUT2D eigenvalue weighted by Crippen LogP contribution is -2.35. The molecule has 4 nitrogen and oxygen atoms in total. The van der Waals surface area contributed by atoms with E-state index in [2.05, 4.69) is 48.3 Å². The van der Waals surface area contributed by atoms with Crippen LogP contribution >= 0.6 is 0 Å². The van der Waals surface area contributed by atoms with Crippen LogP contribution in [0.4, 0.5) is 0 Å². The Labute approximate surface area is 162 Å². The van der Waals surface area contributed by atoms with Gasteiger partial charge >= 0.3 is 0 Å². The van der Waals surface area contributed by atoms with Crippen LogP contribution in [-0.2, 0) is 6.42 Å². The SMILES string of the molecule is C#CCNC[C@@H]1C=C(C)[C@H](Cc2nnc(-c3ccccc3)o2)C[C@H]1C(C)C. The summed E-state index contributed by atoms with van der Waals surface area (Å²) in [6, 6.07) is 9.93. The van der Waals surface area contributed by atoms with E-state index in [0.717, 1.165) is 30.8 Å². The normalized spacial score (nSPS) is 22.5. The van der Waals surface area contributed by atoms with E-state index in [-0.39, 0.29) is 0 Å². The van der Waals surface area contributed by atoms with E-state index in [1.165, 1.54) is 5.57 Å². The molecule has 0 bridgehead atoms. The van der Waals surface area contributed by atoms with Crippen molar-refractivity contribution in [2.24, 2.45) is 23.7 Å². The van der Waals surface area contributed by atoms with Gasteiger partial charge in [-0.25, -0.2) is 0 Å². The van der Waals surface area contributed by atoms with Crippen molar-refractivity contribution in [3.63, 3.8) is 0 Å². The van der Waals surface area contributed by atoms with E-state index in [1.807, 2.05) is 30.3 Å². The molecule has 1 aliphatic rings. The summed E-state index contributed by atoms with van der Waals surface area (Å²) >= 11 is 0. The minimum atomic E-state index is 0.449. The van der Waals surface area contributed by atoms with Gasteiger partial charge in [-0.3, -0.25) is 0 Å². The van der Waals surface area contributed by atoms with Crippen molar-refractivity contribution in [3.05, 3.63) is 47.9 Å². The number of rotatable bonds is 7. The number of nitrogens with zero attached hydrogens (tertiary/aromatic N) is 2. The van der Waals surface area contributed by atoms with Crippen LogP contribution in [0.3, 0.4) is 0 Å². The third kappa shape index (κ3) is 4.87. The van der Waals surface area contributed by atoms with Crippen LogP contribution in [0.25, 0.3) is 11.5 Å². The van der Waals surface area contributed by atoms with E-state index in [4.69, 9.17) is 10.8 Å². The summed E-state index contributed by atoms with van der Waals surface area (Å²) in [5.41, 5.74) is 2.38. The second kappa shape index (κ2) is 9.01. The van der Waals surface area contributed by atoms with Gasteiger partial charge in [-0.15, -0.1) is 16.6 Å². The molecule has 142 valence electrons. The van der Waals surface area contributed by atoms with Gasteiger partial charge in [-0.1, -0.05) is 49.6 Å². The van der Waals surface area contributed by atoms with Crippen molar-refractivity contribution >= 4 is 0 Å². The predicted octanol–water partition coefficient (Wildman–Crippen LogP) is 4.36. The van der Waals surface area contributed by atoms with Gasteiger partial charge in [0.25, 0.3) is 0 Å². The van der Waals surface area contributed by atoms with Gasteiger partial charge in [0.1, 0.15) is 0 Å². The van der Waals surface area contributed by atoms with E-state index in [9.17, 15) is 0 Å². The quantitative estimate of drug-likeness (QED) is 0.451. The molecule has 1 aromatic carbocycles. The molecule has 0 fully saturated rings. The summed E-state index contributed by atoms with van der Waals surface area (Å²) in [6.45, 7) is 8.41. The fourth-order valence-corrected chi connectivity index (χ4v) is 4.06. The van der Waals surface area contributed by atoms with Gasteiger partial charge in [0.15, 0.2) is 0 Å². The number of hydrogen-bond acceptors (Lipinski definition) is 4. The van der Waals surface area contributed by atoms with Crippen molar-refractivity contribution < 1.29 is 4.42 Å². The first-order chi connectivity index (χ1) is 13.1. The molecular weight excluding hydrogens is 334 g/mol. The molecule has 0 unspecified atom stereocenters. The minimum absolute atomic E-state index is 0.449. The standard InChI is InChI=1S/C23H29N3O/c1-5-11-24-15-20-12-17(4)19(13-21(20)16(2)3)14-22-25-26-23(27-22)18-9-7-6-8-10-18/h1,6-10,12,16,19-21,24H,11,13-15H2,2-4H3/t19-,20-,21-/m0/s1. The highest BCUT2D eigenvalue weighted by Crippen LogP contribution is 2.38. The lowest BCUT2D eigenvalue weighted by Gasteiger charge is -2.37. The smallest absolute Gasteiger partial charge is 0.247 e. The zero-order chi connectivity index (χ0) is 19.2. The first-order valence-electron chi connectivity index (χ1n) is 9.78. The highest BCUT2D eigenvalue weighted by atomic mass is 16.4. The van der Waals surface area contributed by atoms with Crippen molar-refractivity contribution in [2.75, 3.05) is 13.1 Å². The maximum absolute atomic E-state index is 5.94. The van der Waals surface area contributed by atoms with Crippen LogP contribution < -0.4 is 5.32 Å². The summed E-state index contributed by atoms with van der Waals surface area (Å²) < 4.78 is 5.94. The molecule has 0 spiro atoms. The third-order valence-corrected chi connectivity index (χ3v) is 5.60. The van der Waals surface area contributed by atoms with Crippen LogP contribution in [0.1, 0.15) is 33.1 Å². The van der Waals surface area contributed by atoms with Crippen LogP contribution in [0.2, 0.25) is 0 Å². The second-order valence-corrected chi connectivity index (χ2v) is 7.82. The third-order valence-electron chi connectivity index (χ3n) is 5.60. The summed E-state index contributed by atoms with van der Waals surface area (Å²) in [7, 11) is 0. The monoisotopic (exact) mass is 363 g/mol. The highest BCUT2D eigenvalue weighted by Gasteiger charge is 2.32. The molecule has 1 aliphatic carbocycles. The molecule has 0 amide bonds. The highest BCUT2D eigenvalue weighted by molar-refractivity contribution is 5.51. The minimum Gasteiger partial charge on any atom is -0.421 e. The number of nitrogens with one attached hydrogen (secondary N) is 1. The number of terminal acetylenes is 1. The largest absolute Gasteiger partial charge is 0.421 e. The number of allylic oxidation sites excluding steroid dienone is 1. The predicted molar refractivity (Wildman–Crippen MR) is 109 cm³/mol. The first kappa shape index (κ1) is 19.4. The molecule has 4 heteroatoms. The Morgan fingerprint density at radius 2 is 2.04 bits per heavy atom. The lowest BCUT2D eigenvalue weighted by molar-refractivity contribution is 0.220. The number of aromatic nitrogens is 2. The van der Waals surface area contributed by atoms with Crippen molar-refractivity contribution in [2.45, 2.75) is 33.6 Å². The van der Waals surface area contributed by atoms with E-state index >= 15 is 0 Å². The molecule has 3 rings (SSSR count). The Balaban J connectivity index is 1.71. The summed E-state index contributed by atoms with van der Waals surface area (Å²) in [4.78, 5) is 0. The number of hydrogen-bond donors (Lipinski definition) is 1. The Morgan fingerprint density at radius 3 is 2.74 bits per heavy atom. The van der Waals surface area contributed by atoms with Crippen molar-refractivity contribution in [1.82, 2.24) is 15.5 Å². The topological polar surface area (TPSA) is 51.0 Å². The summed E-state index contributed by atoms with van der Waals surface area (Å²) in [5, 5.41) is 11.9. The molecule has 0 saturated heterocycles. The van der Waals surface area contributed by atoms with E-state index in [0.29, 0.717) is 36.1 Å². The van der Waals surface area contributed by atoms with Gasteiger partial charge in [-0.05, 0) is 49.1 Å². The molecule has 1 heterocycles. The molecule has 0 aliphatic heterocycles. The van der Waals surface area contributed by atoms with Crippen molar-refractivity contribution in [3.8, 4) is 23.8 Å². The molecule has 27 heavy (non-hydrogen) atoms. The molecule has 0 radical (unpaired) electrons. The molecule has 0 saturated carbocycles. The Kier molecular flexibility index (Phi) is 6.47. The van der Waals surface area contributed by atoms with Gasteiger partial charge in [-0.2, -0.15) is 0 Å². The average molecular weight is 364 g/mol. The fourth-order valence-electron chi connectivity index (χ4n) is 4.06. The Hall–Kier alpha value is -2.38. The zero-order valence-corrected chi connectivity index (χ0v) is 16.5. The number of benzene rings is 1. The summed E-state index contributed by atoms with van der Waals surface area (Å²) in [5.74, 6) is 6.20. The van der Waals surface area contributed by atoms with Gasteiger partial charge in [0, 0.05) is 18.5 Å².